The Morgan fingerprint density at radius 2 is 1.42 bits per heavy atom. The molecule has 0 saturated heterocycles. The summed E-state index contributed by atoms with van der Waals surface area (Å²) in [6.45, 7) is 6.47. The summed E-state index contributed by atoms with van der Waals surface area (Å²) >= 11 is 0. The molecule has 4 nitrogen and oxygen atoms in total. The van der Waals surface area contributed by atoms with Crippen molar-refractivity contribution in [3.05, 3.63) is 0 Å². The van der Waals surface area contributed by atoms with Gasteiger partial charge in [-0.05, 0) is 69.1 Å². The van der Waals surface area contributed by atoms with Crippen LogP contribution in [0, 0.1) is 29.1 Å². The average Bonchev–Trinajstić information content (AvgIpc) is 2.49. The van der Waals surface area contributed by atoms with E-state index in [0.717, 1.165) is 17.8 Å². The summed E-state index contributed by atoms with van der Waals surface area (Å²) in [4.78, 5) is 23.8. The first-order valence-electron chi connectivity index (χ1n) is 9.70. The van der Waals surface area contributed by atoms with Gasteiger partial charge in [0, 0.05) is 5.41 Å². The number of hydrogen-bond donors (Lipinski definition) is 0. The van der Waals surface area contributed by atoms with E-state index >= 15 is 0 Å². The summed E-state index contributed by atoms with van der Waals surface area (Å²) < 4.78 is 10.9. The molecule has 1 atom stereocenters. The van der Waals surface area contributed by atoms with Gasteiger partial charge in [0.15, 0.2) is 0 Å². The zero-order chi connectivity index (χ0) is 17.3. The van der Waals surface area contributed by atoms with Gasteiger partial charge in [-0.15, -0.1) is 0 Å². The molecule has 0 aliphatic heterocycles. The second-order valence-electron chi connectivity index (χ2n) is 9.02. The van der Waals surface area contributed by atoms with Crippen molar-refractivity contribution in [1.29, 1.82) is 0 Å². The standard InChI is InChI=1S/C20H32O4/c1-13(2)14(3)24-19(22)5-4-18(21)23-12-20-9-15-6-16(10-20)8-17(7-15)11-20/h13-17H,4-12H2,1-3H3. The van der Waals surface area contributed by atoms with Crippen molar-refractivity contribution in [2.24, 2.45) is 29.1 Å². The van der Waals surface area contributed by atoms with Crippen LogP contribution in [0.4, 0.5) is 0 Å². The molecule has 0 aromatic rings. The van der Waals surface area contributed by atoms with Crippen LogP contribution in [0.15, 0.2) is 0 Å². The van der Waals surface area contributed by atoms with E-state index < -0.39 is 0 Å². The number of rotatable bonds is 7. The second kappa shape index (κ2) is 7.05. The zero-order valence-corrected chi connectivity index (χ0v) is 15.4. The summed E-state index contributed by atoms with van der Waals surface area (Å²) in [7, 11) is 0. The maximum Gasteiger partial charge on any atom is 0.306 e. The first kappa shape index (κ1) is 17.8. The maximum absolute atomic E-state index is 12.0. The van der Waals surface area contributed by atoms with Crippen LogP contribution < -0.4 is 0 Å². The van der Waals surface area contributed by atoms with Gasteiger partial charge in [0.1, 0.15) is 6.10 Å². The van der Waals surface area contributed by atoms with Crippen LogP contribution >= 0.6 is 0 Å². The predicted molar refractivity (Wildman–Crippen MR) is 91.2 cm³/mol. The molecular weight excluding hydrogens is 304 g/mol. The van der Waals surface area contributed by atoms with Crippen molar-refractivity contribution in [2.45, 2.75) is 78.2 Å². The normalized spacial score (nSPS) is 35.1. The highest BCUT2D eigenvalue weighted by Gasteiger charge is 2.51. The number of ether oxygens (including phenoxy) is 2. The largest absolute Gasteiger partial charge is 0.465 e. The van der Waals surface area contributed by atoms with Gasteiger partial charge >= 0.3 is 11.9 Å². The highest BCUT2D eigenvalue weighted by atomic mass is 16.5. The second-order valence-corrected chi connectivity index (χ2v) is 9.02. The summed E-state index contributed by atoms with van der Waals surface area (Å²) in [5.41, 5.74) is 0.247. The SMILES string of the molecule is CC(C)C(C)OC(=O)CCC(=O)OCC12CC3CC(CC(C3)C1)C2. The van der Waals surface area contributed by atoms with E-state index in [1.807, 2.05) is 20.8 Å². The van der Waals surface area contributed by atoms with Gasteiger partial charge in [0.05, 0.1) is 19.4 Å². The summed E-state index contributed by atoms with van der Waals surface area (Å²) in [6, 6.07) is 0. The van der Waals surface area contributed by atoms with Crippen molar-refractivity contribution in [1.82, 2.24) is 0 Å². The molecule has 136 valence electrons. The fraction of sp³-hybridized carbons (Fsp3) is 0.900. The van der Waals surface area contributed by atoms with Crippen LogP contribution in [0.25, 0.3) is 0 Å². The molecule has 0 heterocycles. The van der Waals surface area contributed by atoms with E-state index in [1.54, 1.807) is 0 Å². The Hall–Kier alpha value is -1.06. The lowest BCUT2D eigenvalue weighted by Gasteiger charge is -2.56. The molecule has 4 heteroatoms. The predicted octanol–water partition coefficient (Wildman–Crippen LogP) is 4.11. The lowest BCUT2D eigenvalue weighted by atomic mass is 9.50. The third kappa shape index (κ3) is 4.12. The smallest absolute Gasteiger partial charge is 0.306 e. The van der Waals surface area contributed by atoms with Gasteiger partial charge in [-0.1, -0.05) is 13.8 Å². The first-order valence-corrected chi connectivity index (χ1v) is 9.70. The van der Waals surface area contributed by atoms with E-state index in [0.29, 0.717) is 6.61 Å². The van der Waals surface area contributed by atoms with Gasteiger partial charge in [-0.25, -0.2) is 0 Å². The molecule has 0 aromatic heterocycles. The fourth-order valence-electron chi connectivity index (χ4n) is 5.38. The van der Waals surface area contributed by atoms with Crippen molar-refractivity contribution < 1.29 is 19.1 Å². The van der Waals surface area contributed by atoms with E-state index in [9.17, 15) is 9.59 Å². The molecule has 4 rings (SSSR count). The molecule has 4 aliphatic carbocycles. The fourth-order valence-corrected chi connectivity index (χ4v) is 5.38. The molecular formula is C20H32O4. The molecule has 4 bridgehead atoms. The molecule has 0 aromatic carbocycles. The average molecular weight is 336 g/mol. The van der Waals surface area contributed by atoms with Gasteiger partial charge < -0.3 is 9.47 Å². The van der Waals surface area contributed by atoms with Gasteiger partial charge in [0.2, 0.25) is 0 Å². The molecule has 24 heavy (non-hydrogen) atoms. The number of carbonyl (C=O) groups is 2. The Bertz CT molecular complexity index is 447. The van der Waals surface area contributed by atoms with Crippen LogP contribution in [-0.2, 0) is 19.1 Å². The van der Waals surface area contributed by atoms with E-state index in [1.165, 1.54) is 38.5 Å². The molecule has 0 amide bonds. The number of hydrogen-bond acceptors (Lipinski definition) is 4. The minimum Gasteiger partial charge on any atom is -0.465 e. The Labute approximate surface area is 145 Å². The van der Waals surface area contributed by atoms with Crippen LogP contribution in [0.5, 0.6) is 0 Å². The lowest BCUT2D eigenvalue weighted by Crippen LogP contribution is -2.48. The van der Waals surface area contributed by atoms with Crippen molar-refractivity contribution in [2.75, 3.05) is 6.61 Å². The van der Waals surface area contributed by atoms with E-state index in [-0.39, 0.29) is 42.2 Å². The monoisotopic (exact) mass is 336 g/mol. The van der Waals surface area contributed by atoms with Crippen LogP contribution in [0.3, 0.4) is 0 Å². The summed E-state index contributed by atoms with van der Waals surface area (Å²) in [6.07, 6.45) is 8.04. The molecule has 0 radical (unpaired) electrons. The Kier molecular flexibility index (Phi) is 5.22. The topological polar surface area (TPSA) is 52.6 Å². The maximum atomic E-state index is 12.0. The number of esters is 2. The molecule has 4 fully saturated rings. The highest BCUT2D eigenvalue weighted by molar-refractivity contribution is 5.77. The van der Waals surface area contributed by atoms with E-state index in [2.05, 4.69) is 0 Å². The van der Waals surface area contributed by atoms with Crippen molar-refractivity contribution >= 4 is 11.9 Å². The quantitative estimate of drug-likeness (QED) is 0.656. The molecule has 1 unspecified atom stereocenters. The third-order valence-corrected chi connectivity index (χ3v) is 6.49. The Morgan fingerprint density at radius 1 is 0.917 bits per heavy atom. The number of carbonyl (C=O) groups excluding carboxylic acids is 2. The Balaban J connectivity index is 1.39. The van der Waals surface area contributed by atoms with E-state index in [4.69, 9.17) is 9.47 Å². The van der Waals surface area contributed by atoms with Gasteiger partial charge in [0.25, 0.3) is 0 Å². The van der Waals surface area contributed by atoms with Gasteiger partial charge in [-0.3, -0.25) is 9.59 Å². The molecule has 0 spiro atoms. The highest BCUT2D eigenvalue weighted by Crippen LogP contribution is 2.60. The van der Waals surface area contributed by atoms with Crippen molar-refractivity contribution in [3.63, 3.8) is 0 Å². The molecule has 0 N–H and O–H groups in total. The first-order chi connectivity index (χ1) is 11.3. The van der Waals surface area contributed by atoms with Gasteiger partial charge in [-0.2, -0.15) is 0 Å². The minimum absolute atomic E-state index is 0.111. The zero-order valence-electron chi connectivity index (χ0n) is 15.4. The molecule has 4 saturated carbocycles. The third-order valence-electron chi connectivity index (χ3n) is 6.49. The van der Waals surface area contributed by atoms with Crippen LogP contribution in [0.2, 0.25) is 0 Å². The Morgan fingerprint density at radius 3 is 1.92 bits per heavy atom. The summed E-state index contributed by atoms with van der Waals surface area (Å²) in [5.74, 6) is 2.33. The van der Waals surface area contributed by atoms with Crippen LogP contribution in [0.1, 0.15) is 72.1 Å². The minimum atomic E-state index is -0.303. The van der Waals surface area contributed by atoms with Crippen LogP contribution in [-0.4, -0.2) is 24.6 Å². The van der Waals surface area contributed by atoms with Crippen molar-refractivity contribution in [3.8, 4) is 0 Å². The lowest BCUT2D eigenvalue weighted by molar-refractivity contribution is -0.159. The summed E-state index contributed by atoms with van der Waals surface area (Å²) in [5, 5.41) is 0. The molecule has 4 aliphatic rings.